The lowest BCUT2D eigenvalue weighted by molar-refractivity contribution is -0.148. The average molecular weight is 310 g/mol. The first kappa shape index (κ1) is 15.0. The maximum absolute atomic E-state index is 12.8. The molecule has 0 radical (unpaired) electrons. The monoisotopic (exact) mass is 310 g/mol. The average Bonchev–Trinajstić information content (AvgIpc) is 2.86. The fourth-order valence-corrected chi connectivity index (χ4v) is 2.76. The van der Waals surface area contributed by atoms with Crippen molar-refractivity contribution < 1.29 is 13.2 Å². The van der Waals surface area contributed by atoms with Crippen molar-refractivity contribution in [2.75, 3.05) is 6.54 Å². The Bertz CT molecular complexity index is 691. The van der Waals surface area contributed by atoms with Gasteiger partial charge in [-0.15, -0.1) is 10.2 Å². The molecule has 0 saturated heterocycles. The lowest BCUT2D eigenvalue weighted by Gasteiger charge is -2.28. The zero-order valence-electron chi connectivity index (χ0n) is 12.5. The Morgan fingerprint density at radius 2 is 1.91 bits per heavy atom. The van der Waals surface area contributed by atoms with Crippen LogP contribution in [0.2, 0.25) is 0 Å². The smallest absolute Gasteiger partial charge is 0.305 e. The summed E-state index contributed by atoms with van der Waals surface area (Å²) in [5.74, 6) is -0.516. The van der Waals surface area contributed by atoms with Gasteiger partial charge in [0, 0.05) is 19.6 Å². The molecular weight excluding hydrogens is 293 g/mol. The van der Waals surface area contributed by atoms with Crippen molar-refractivity contribution in [3.8, 4) is 0 Å². The molecule has 2 heterocycles. The standard InChI is InChI=1S/C15H17F3N4/c1-10-3-4-11(2)12(7-10)8-21-5-6-22-13(9-21)19-20-14(22)15(16,17)18/h3-4,7H,5-6,8-9H2,1-2H3. The Hall–Kier alpha value is -1.89. The zero-order valence-corrected chi connectivity index (χ0v) is 12.5. The van der Waals surface area contributed by atoms with Crippen molar-refractivity contribution in [2.24, 2.45) is 0 Å². The highest BCUT2D eigenvalue weighted by molar-refractivity contribution is 5.30. The highest BCUT2D eigenvalue weighted by Crippen LogP contribution is 2.29. The lowest BCUT2D eigenvalue weighted by atomic mass is 10.0. The molecule has 0 bridgehead atoms. The van der Waals surface area contributed by atoms with E-state index >= 15 is 0 Å². The summed E-state index contributed by atoms with van der Waals surface area (Å²) in [5.41, 5.74) is 3.57. The minimum absolute atomic E-state index is 0.266. The van der Waals surface area contributed by atoms with E-state index in [0.717, 1.165) is 0 Å². The quantitative estimate of drug-likeness (QED) is 0.855. The van der Waals surface area contributed by atoms with Crippen LogP contribution in [0.25, 0.3) is 0 Å². The van der Waals surface area contributed by atoms with E-state index in [1.54, 1.807) is 0 Å². The van der Waals surface area contributed by atoms with E-state index in [9.17, 15) is 13.2 Å². The molecule has 1 aromatic carbocycles. The van der Waals surface area contributed by atoms with Gasteiger partial charge in [0.1, 0.15) is 5.82 Å². The highest BCUT2D eigenvalue weighted by atomic mass is 19.4. The van der Waals surface area contributed by atoms with Gasteiger partial charge in [0.25, 0.3) is 0 Å². The second-order valence-electron chi connectivity index (χ2n) is 5.73. The Balaban J connectivity index is 1.78. The number of aryl methyl sites for hydroxylation is 2. The van der Waals surface area contributed by atoms with Gasteiger partial charge in [-0.25, -0.2) is 0 Å². The van der Waals surface area contributed by atoms with Crippen LogP contribution >= 0.6 is 0 Å². The highest BCUT2D eigenvalue weighted by Gasteiger charge is 2.39. The number of rotatable bonds is 2. The Morgan fingerprint density at radius 1 is 1.14 bits per heavy atom. The van der Waals surface area contributed by atoms with Crippen LogP contribution in [0.3, 0.4) is 0 Å². The molecule has 0 N–H and O–H groups in total. The molecule has 0 unspecified atom stereocenters. The number of hydrogen-bond acceptors (Lipinski definition) is 3. The van der Waals surface area contributed by atoms with Gasteiger partial charge in [0.05, 0.1) is 6.54 Å². The third-order valence-electron chi connectivity index (χ3n) is 3.98. The van der Waals surface area contributed by atoms with Crippen LogP contribution in [-0.2, 0) is 25.8 Å². The number of fused-ring (bicyclic) bond motifs is 1. The predicted molar refractivity (Wildman–Crippen MR) is 75.1 cm³/mol. The summed E-state index contributed by atoms with van der Waals surface area (Å²) in [5, 5.41) is 7.01. The van der Waals surface area contributed by atoms with Gasteiger partial charge >= 0.3 is 6.18 Å². The van der Waals surface area contributed by atoms with Crippen LogP contribution in [0.4, 0.5) is 13.2 Å². The van der Waals surface area contributed by atoms with Crippen molar-refractivity contribution >= 4 is 0 Å². The second kappa shape index (κ2) is 5.39. The first-order valence-corrected chi connectivity index (χ1v) is 7.12. The maximum Gasteiger partial charge on any atom is 0.451 e. The lowest BCUT2D eigenvalue weighted by Crippen LogP contribution is -2.35. The fraction of sp³-hybridized carbons (Fsp3) is 0.467. The normalized spacial score (nSPS) is 15.9. The van der Waals surface area contributed by atoms with E-state index in [2.05, 4.69) is 33.3 Å². The minimum atomic E-state index is -4.44. The van der Waals surface area contributed by atoms with E-state index in [1.807, 2.05) is 13.8 Å². The summed E-state index contributed by atoms with van der Waals surface area (Å²) in [6.45, 7) is 6.00. The van der Waals surface area contributed by atoms with Crippen LogP contribution in [0, 0.1) is 13.8 Å². The molecule has 0 atom stereocenters. The molecule has 7 heteroatoms. The third-order valence-corrected chi connectivity index (χ3v) is 3.98. The van der Waals surface area contributed by atoms with Crippen LogP contribution in [0.15, 0.2) is 18.2 Å². The zero-order chi connectivity index (χ0) is 15.9. The molecule has 1 aliphatic heterocycles. The summed E-state index contributed by atoms with van der Waals surface area (Å²) >= 11 is 0. The summed E-state index contributed by atoms with van der Waals surface area (Å²) < 4.78 is 39.6. The van der Waals surface area contributed by atoms with Gasteiger partial charge in [0.2, 0.25) is 5.82 Å². The van der Waals surface area contributed by atoms with Gasteiger partial charge in [-0.05, 0) is 25.0 Å². The molecular formula is C15H17F3N4. The molecule has 118 valence electrons. The van der Waals surface area contributed by atoms with Crippen molar-refractivity contribution in [1.82, 2.24) is 19.7 Å². The number of nitrogens with zero attached hydrogens (tertiary/aromatic N) is 4. The number of benzene rings is 1. The molecule has 0 fully saturated rings. The van der Waals surface area contributed by atoms with E-state index < -0.39 is 12.0 Å². The van der Waals surface area contributed by atoms with Crippen LogP contribution in [0.1, 0.15) is 28.3 Å². The first-order valence-electron chi connectivity index (χ1n) is 7.12. The molecule has 0 saturated carbocycles. The molecule has 4 nitrogen and oxygen atoms in total. The summed E-state index contributed by atoms with van der Waals surface area (Å²) in [6.07, 6.45) is -4.44. The van der Waals surface area contributed by atoms with Gasteiger partial charge < -0.3 is 4.57 Å². The molecule has 3 rings (SSSR count). The topological polar surface area (TPSA) is 34.0 Å². The number of hydrogen-bond donors (Lipinski definition) is 0. The van der Waals surface area contributed by atoms with Crippen LogP contribution in [0.5, 0.6) is 0 Å². The van der Waals surface area contributed by atoms with Gasteiger partial charge in [-0.2, -0.15) is 13.2 Å². The molecule has 0 spiro atoms. The Kier molecular flexibility index (Phi) is 3.68. The summed E-state index contributed by atoms with van der Waals surface area (Å²) in [6, 6.07) is 6.25. The first-order chi connectivity index (χ1) is 10.3. The number of halogens is 3. The number of alkyl halides is 3. The van der Waals surface area contributed by atoms with Crippen molar-refractivity contribution in [3.63, 3.8) is 0 Å². The minimum Gasteiger partial charge on any atom is -0.305 e. The molecule has 2 aromatic rings. The molecule has 0 amide bonds. The van der Waals surface area contributed by atoms with Crippen LogP contribution < -0.4 is 0 Å². The molecule has 1 aromatic heterocycles. The van der Waals surface area contributed by atoms with Gasteiger partial charge in [-0.3, -0.25) is 4.90 Å². The molecule has 1 aliphatic rings. The number of aromatic nitrogens is 3. The van der Waals surface area contributed by atoms with Crippen molar-refractivity contribution in [1.29, 1.82) is 0 Å². The second-order valence-corrected chi connectivity index (χ2v) is 5.73. The SMILES string of the molecule is Cc1ccc(C)c(CN2CCn3c(nnc3C(F)(F)F)C2)c1. The predicted octanol–water partition coefficient (Wildman–Crippen LogP) is 2.93. The van der Waals surface area contributed by atoms with Crippen molar-refractivity contribution in [3.05, 3.63) is 46.5 Å². The largest absolute Gasteiger partial charge is 0.451 e. The molecule has 22 heavy (non-hydrogen) atoms. The summed E-state index contributed by atoms with van der Waals surface area (Å²) in [4.78, 5) is 2.10. The van der Waals surface area contributed by atoms with Gasteiger partial charge in [0.15, 0.2) is 0 Å². The van der Waals surface area contributed by atoms with E-state index in [4.69, 9.17) is 0 Å². The molecule has 0 aliphatic carbocycles. The van der Waals surface area contributed by atoms with E-state index in [-0.39, 0.29) is 6.54 Å². The Morgan fingerprint density at radius 3 is 2.64 bits per heavy atom. The van der Waals surface area contributed by atoms with Gasteiger partial charge in [-0.1, -0.05) is 23.8 Å². The summed E-state index contributed by atoms with van der Waals surface area (Å²) in [7, 11) is 0. The maximum atomic E-state index is 12.8. The fourth-order valence-electron chi connectivity index (χ4n) is 2.76. The Labute approximate surface area is 126 Å². The van der Waals surface area contributed by atoms with Crippen molar-refractivity contribution in [2.45, 2.75) is 39.7 Å². The van der Waals surface area contributed by atoms with E-state index in [1.165, 1.54) is 21.3 Å². The third kappa shape index (κ3) is 2.85. The van der Waals surface area contributed by atoms with Crippen LogP contribution in [-0.4, -0.2) is 26.2 Å². The van der Waals surface area contributed by atoms with E-state index in [0.29, 0.717) is 25.5 Å².